The molecule has 26 heavy (non-hydrogen) atoms. The molecule has 1 unspecified atom stereocenters. The summed E-state index contributed by atoms with van der Waals surface area (Å²) in [7, 11) is 0. The molecule has 8 heteroatoms. The topological polar surface area (TPSA) is 87.3 Å². The van der Waals surface area contributed by atoms with E-state index in [2.05, 4.69) is 15.5 Å². The minimum absolute atomic E-state index is 0.0372. The van der Waals surface area contributed by atoms with Crippen LogP contribution in [-0.4, -0.2) is 52.7 Å². The summed E-state index contributed by atoms with van der Waals surface area (Å²) in [6.45, 7) is 1.74. The molecule has 2 aliphatic heterocycles. The summed E-state index contributed by atoms with van der Waals surface area (Å²) in [5, 5.41) is 9.95. The molecule has 0 saturated carbocycles. The number of hydrogen-bond donors (Lipinski definition) is 2. The highest BCUT2D eigenvalue weighted by Gasteiger charge is 2.33. The molecule has 0 aliphatic carbocycles. The Balaban J connectivity index is 1.36. The van der Waals surface area contributed by atoms with Crippen molar-refractivity contribution in [3.8, 4) is 0 Å². The van der Waals surface area contributed by atoms with Gasteiger partial charge in [0.25, 0.3) is 5.91 Å². The first-order valence-electron chi connectivity index (χ1n) is 8.97. The molecule has 7 nitrogen and oxygen atoms in total. The van der Waals surface area contributed by atoms with Gasteiger partial charge in [0, 0.05) is 31.0 Å². The van der Waals surface area contributed by atoms with E-state index in [0.29, 0.717) is 43.7 Å². The molecular formula is C18H21FN4O3. The maximum atomic E-state index is 13.7. The van der Waals surface area contributed by atoms with Gasteiger partial charge in [-0.05, 0) is 37.8 Å². The molecule has 0 bridgehead atoms. The first kappa shape index (κ1) is 17.0. The van der Waals surface area contributed by atoms with E-state index in [4.69, 9.17) is 4.74 Å². The number of H-pyrrole nitrogens is 1. The Bertz CT molecular complexity index is 823. The van der Waals surface area contributed by atoms with Gasteiger partial charge in [-0.15, -0.1) is 0 Å². The van der Waals surface area contributed by atoms with E-state index in [-0.39, 0.29) is 29.4 Å². The lowest BCUT2D eigenvalue weighted by atomic mass is 9.95. The van der Waals surface area contributed by atoms with Crippen LogP contribution in [0.25, 0.3) is 10.9 Å². The molecule has 2 N–H and O–H groups in total. The Morgan fingerprint density at radius 3 is 2.81 bits per heavy atom. The quantitative estimate of drug-likeness (QED) is 0.877. The predicted molar refractivity (Wildman–Crippen MR) is 93.0 cm³/mol. The first-order valence-corrected chi connectivity index (χ1v) is 8.97. The Morgan fingerprint density at radius 2 is 2.08 bits per heavy atom. The van der Waals surface area contributed by atoms with Crippen molar-refractivity contribution in [3.63, 3.8) is 0 Å². The molecule has 138 valence electrons. The van der Waals surface area contributed by atoms with Crippen LogP contribution < -0.4 is 5.32 Å². The largest absolute Gasteiger partial charge is 0.368 e. The summed E-state index contributed by atoms with van der Waals surface area (Å²) in [6.07, 6.45) is 2.59. The van der Waals surface area contributed by atoms with Gasteiger partial charge < -0.3 is 15.0 Å². The highest BCUT2D eigenvalue weighted by Crippen LogP contribution is 2.25. The fraction of sp³-hybridized carbons (Fsp3) is 0.500. The average Bonchev–Trinajstić information content (AvgIpc) is 3.32. The Labute approximate surface area is 149 Å². The molecule has 0 radical (unpaired) electrons. The van der Waals surface area contributed by atoms with E-state index < -0.39 is 5.82 Å². The van der Waals surface area contributed by atoms with Gasteiger partial charge in [0.2, 0.25) is 5.91 Å². The molecule has 3 heterocycles. The van der Waals surface area contributed by atoms with Crippen LogP contribution in [0, 0.1) is 11.7 Å². The number of nitrogens with zero attached hydrogens (tertiary/aromatic N) is 2. The molecule has 0 spiro atoms. The van der Waals surface area contributed by atoms with Crippen molar-refractivity contribution < 1.29 is 18.7 Å². The van der Waals surface area contributed by atoms with Crippen LogP contribution in [0.3, 0.4) is 0 Å². The first-order chi connectivity index (χ1) is 12.6. The Kier molecular flexibility index (Phi) is 4.58. The molecule has 1 aromatic heterocycles. The molecule has 2 fully saturated rings. The number of benzene rings is 1. The predicted octanol–water partition coefficient (Wildman–Crippen LogP) is 2.06. The fourth-order valence-corrected chi connectivity index (χ4v) is 3.66. The van der Waals surface area contributed by atoms with Gasteiger partial charge in [-0.1, -0.05) is 6.07 Å². The van der Waals surface area contributed by atoms with Gasteiger partial charge >= 0.3 is 0 Å². The third-order valence-corrected chi connectivity index (χ3v) is 5.17. The number of aromatic nitrogens is 2. The van der Waals surface area contributed by atoms with Crippen molar-refractivity contribution >= 4 is 28.5 Å². The summed E-state index contributed by atoms with van der Waals surface area (Å²) in [5.74, 6) is -0.371. The number of ether oxygens (including phenoxy) is 1. The lowest BCUT2D eigenvalue weighted by Crippen LogP contribution is -2.45. The number of rotatable bonds is 3. The highest BCUT2D eigenvalue weighted by molar-refractivity contribution is 6.00. The van der Waals surface area contributed by atoms with Crippen LogP contribution in [-0.2, 0) is 14.3 Å². The van der Waals surface area contributed by atoms with Crippen LogP contribution in [0.5, 0.6) is 0 Å². The van der Waals surface area contributed by atoms with Gasteiger partial charge in [0.15, 0.2) is 5.82 Å². The van der Waals surface area contributed by atoms with Crippen molar-refractivity contribution in [2.24, 2.45) is 5.92 Å². The van der Waals surface area contributed by atoms with Crippen LogP contribution in [0.4, 0.5) is 10.2 Å². The zero-order valence-corrected chi connectivity index (χ0v) is 14.3. The van der Waals surface area contributed by atoms with Crippen molar-refractivity contribution in [3.05, 3.63) is 24.0 Å². The van der Waals surface area contributed by atoms with Gasteiger partial charge in [-0.25, -0.2) is 4.39 Å². The monoisotopic (exact) mass is 360 g/mol. The number of likely N-dealkylation sites (tertiary alicyclic amines) is 1. The lowest BCUT2D eigenvalue weighted by Gasteiger charge is -2.32. The molecule has 1 aromatic carbocycles. The number of amides is 2. The molecule has 2 aromatic rings. The summed E-state index contributed by atoms with van der Waals surface area (Å²) in [5.41, 5.74) is 0.278. The van der Waals surface area contributed by atoms with Gasteiger partial charge in [0.1, 0.15) is 17.4 Å². The highest BCUT2D eigenvalue weighted by atomic mass is 19.1. The van der Waals surface area contributed by atoms with Crippen LogP contribution in [0.1, 0.15) is 25.7 Å². The second kappa shape index (κ2) is 7.03. The molecule has 1 atom stereocenters. The molecular weight excluding hydrogens is 339 g/mol. The smallest absolute Gasteiger partial charge is 0.251 e. The third-order valence-electron chi connectivity index (χ3n) is 5.17. The zero-order valence-electron chi connectivity index (χ0n) is 14.3. The third kappa shape index (κ3) is 3.16. The summed E-state index contributed by atoms with van der Waals surface area (Å²) >= 11 is 0. The van der Waals surface area contributed by atoms with Crippen LogP contribution in [0.2, 0.25) is 0 Å². The van der Waals surface area contributed by atoms with Gasteiger partial charge in [-0.3, -0.25) is 14.7 Å². The number of nitrogens with one attached hydrogen (secondary N) is 2. The zero-order chi connectivity index (χ0) is 18.1. The van der Waals surface area contributed by atoms with E-state index >= 15 is 0 Å². The number of halogens is 1. The van der Waals surface area contributed by atoms with Crippen molar-refractivity contribution in [2.45, 2.75) is 31.8 Å². The minimum Gasteiger partial charge on any atom is -0.368 e. The molecule has 4 rings (SSSR count). The normalized spacial score (nSPS) is 21.3. The Hall–Kier alpha value is -2.48. The number of para-hydroxylation sites is 1. The van der Waals surface area contributed by atoms with Crippen molar-refractivity contribution in [2.75, 3.05) is 25.0 Å². The minimum atomic E-state index is -0.406. The van der Waals surface area contributed by atoms with Crippen molar-refractivity contribution in [1.82, 2.24) is 15.1 Å². The van der Waals surface area contributed by atoms with E-state index in [1.807, 2.05) is 0 Å². The number of anilines is 1. The maximum absolute atomic E-state index is 13.7. The number of piperidine rings is 1. The van der Waals surface area contributed by atoms with Crippen molar-refractivity contribution in [1.29, 1.82) is 0 Å². The van der Waals surface area contributed by atoms with E-state index in [1.54, 1.807) is 17.0 Å². The van der Waals surface area contributed by atoms with Crippen LogP contribution >= 0.6 is 0 Å². The fourth-order valence-electron chi connectivity index (χ4n) is 3.66. The standard InChI is InChI=1S/C18H21FN4O3/c19-13-4-1-3-12-15(13)21-22-16(12)20-17(24)11-6-8-23(9-7-11)18(25)14-5-2-10-26-14/h1,3-4,11,14H,2,5-10H2,(H2,20,21,22,24). The maximum Gasteiger partial charge on any atom is 0.251 e. The summed E-state index contributed by atoms with van der Waals surface area (Å²) in [4.78, 5) is 26.7. The van der Waals surface area contributed by atoms with E-state index in [9.17, 15) is 14.0 Å². The van der Waals surface area contributed by atoms with E-state index in [1.165, 1.54) is 6.07 Å². The van der Waals surface area contributed by atoms with E-state index in [0.717, 1.165) is 12.8 Å². The number of carbonyl (C=O) groups is 2. The van der Waals surface area contributed by atoms with Crippen LogP contribution in [0.15, 0.2) is 18.2 Å². The molecule has 2 saturated heterocycles. The van der Waals surface area contributed by atoms with Gasteiger partial charge in [0.05, 0.1) is 0 Å². The second-order valence-electron chi connectivity index (χ2n) is 6.83. The Morgan fingerprint density at radius 1 is 1.27 bits per heavy atom. The molecule has 2 amide bonds. The van der Waals surface area contributed by atoms with Gasteiger partial charge in [-0.2, -0.15) is 5.10 Å². The SMILES string of the molecule is O=C(Nc1n[nH]c2c(F)cccc12)C1CCN(C(=O)C2CCCO2)CC1. The average molecular weight is 360 g/mol. The summed E-state index contributed by atoms with van der Waals surface area (Å²) < 4.78 is 19.2. The number of carbonyl (C=O) groups excluding carboxylic acids is 2. The number of hydrogen-bond acceptors (Lipinski definition) is 4. The number of fused-ring (bicyclic) bond motifs is 1. The second-order valence-corrected chi connectivity index (χ2v) is 6.83. The lowest BCUT2D eigenvalue weighted by molar-refractivity contribution is -0.143. The molecule has 2 aliphatic rings. The summed E-state index contributed by atoms with van der Waals surface area (Å²) in [6, 6.07) is 4.63. The number of aromatic amines is 1.